The first-order chi connectivity index (χ1) is 18.8. The molecule has 0 spiro atoms. The Morgan fingerprint density at radius 3 is 2.38 bits per heavy atom. The number of ether oxygens (including phenoxy) is 1. The van der Waals surface area contributed by atoms with Crippen LogP contribution < -0.4 is 4.74 Å². The van der Waals surface area contributed by atoms with E-state index in [1.54, 1.807) is 0 Å². The fourth-order valence-electron chi connectivity index (χ4n) is 4.89. The second-order valence-electron chi connectivity index (χ2n) is 9.03. The van der Waals surface area contributed by atoms with E-state index in [2.05, 4.69) is 59.6 Å². The Morgan fingerprint density at radius 1 is 0.700 bits per heavy atom. The number of aromatic nitrogens is 2. The summed E-state index contributed by atoms with van der Waals surface area (Å²) < 4.78 is 6.00. The largest absolute Gasteiger partial charge is 0.505 e. The third-order valence-electron chi connectivity index (χ3n) is 6.72. The molecule has 0 saturated carbocycles. The van der Waals surface area contributed by atoms with E-state index in [1.165, 1.54) is 10.8 Å². The number of nitrogens with zero attached hydrogens (tertiary/aromatic N) is 2. The minimum atomic E-state index is 0. The van der Waals surface area contributed by atoms with Gasteiger partial charge >= 0.3 is 0 Å². The summed E-state index contributed by atoms with van der Waals surface area (Å²) in [6, 6.07) is 47.2. The van der Waals surface area contributed by atoms with Gasteiger partial charge in [0.2, 0.25) is 0 Å². The molecule has 2 aromatic heterocycles. The molecule has 2 radical (unpaired) electrons. The van der Waals surface area contributed by atoms with Crippen molar-refractivity contribution in [3.05, 3.63) is 139 Å². The van der Waals surface area contributed by atoms with Crippen LogP contribution in [-0.2, 0) is 59.4 Å². The van der Waals surface area contributed by atoms with Gasteiger partial charge in [0, 0.05) is 71.0 Å². The van der Waals surface area contributed by atoms with E-state index in [9.17, 15) is 0 Å². The van der Waals surface area contributed by atoms with E-state index in [4.69, 9.17) is 9.72 Å². The third kappa shape index (κ3) is 5.38. The van der Waals surface area contributed by atoms with Crippen LogP contribution in [0.4, 0.5) is 0 Å². The van der Waals surface area contributed by atoms with Gasteiger partial charge in [-0.25, -0.2) is 22.7 Å². The van der Waals surface area contributed by atoms with Gasteiger partial charge in [-0.3, -0.25) is 12.1 Å². The van der Waals surface area contributed by atoms with Gasteiger partial charge in [-0.1, -0.05) is 36.4 Å². The second kappa shape index (κ2) is 12.5. The predicted molar refractivity (Wildman–Crippen MR) is 152 cm³/mol. The maximum atomic E-state index is 6.00. The molecule has 8 rings (SSSR count). The molecule has 7 aromatic rings. The number of rotatable bonds is 1. The zero-order valence-corrected chi connectivity index (χ0v) is 26.5. The Hall–Kier alpha value is -3.27. The predicted octanol–water partition coefficient (Wildman–Crippen LogP) is 8.04. The van der Waals surface area contributed by atoms with Crippen molar-refractivity contribution in [2.45, 2.75) is 6.61 Å². The van der Waals surface area contributed by atoms with Crippen LogP contribution >= 0.6 is 0 Å². The molecular weight excluding hydrogens is 746 g/mol. The van der Waals surface area contributed by atoms with E-state index < -0.39 is 0 Å². The summed E-state index contributed by atoms with van der Waals surface area (Å²) >= 11 is 0. The second-order valence-corrected chi connectivity index (χ2v) is 9.03. The van der Waals surface area contributed by atoms with Crippen molar-refractivity contribution in [3.63, 3.8) is 0 Å². The van der Waals surface area contributed by atoms with E-state index >= 15 is 0 Å². The fourth-order valence-corrected chi connectivity index (χ4v) is 4.89. The zero-order chi connectivity index (χ0) is 25.3. The van der Waals surface area contributed by atoms with Crippen LogP contribution in [0.5, 0.6) is 5.75 Å². The Morgan fingerprint density at radius 2 is 1.48 bits per heavy atom. The van der Waals surface area contributed by atoms with Gasteiger partial charge in [-0.05, 0) is 29.1 Å². The number of para-hydroxylation sites is 1. The van der Waals surface area contributed by atoms with Crippen LogP contribution in [0.3, 0.4) is 0 Å². The molecule has 0 fully saturated rings. The first-order valence-corrected chi connectivity index (χ1v) is 12.4. The molecule has 1 aliphatic rings. The van der Waals surface area contributed by atoms with Crippen LogP contribution in [0.2, 0.25) is 0 Å². The Labute approximate surface area is 271 Å². The Bertz CT molecular complexity index is 1890. The molecule has 1 aliphatic heterocycles. The number of hydrogen-bond donors (Lipinski definition) is 0. The van der Waals surface area contributed by atoms with Gasteiger partial charge in [-0.2, -0.15) is 17.7 Å². The molecule has 5 heteroatoms. The molecule has 192 valence electrons. The van der Waals surface area contributed by atoms with Gasteiger partial charge in [0.25, 0.3) is 0 Å². The van der Waals surface area contributed by atoms with Gasteiger partial charge < -0.3 is 26.9 Å². The van der Waals surface area contributed by atoms with Crippen LogP contribution in [0.15, 0.2) is 109 Å². The maximum absolute atomic E-state index is 6.00. The zero-order valence-electron chi connectivity index (χ0n) is 21.3. The molecule has 0 saturated heterocycles. The summed E-state index contributed by atoms with van der Waals surface area (Å²) in [5.74, 6) is 0.812. The topological polar surface area (TPSA) is 35.0 Å². The van der Waals surface area contributed by atoms with Crippen LogP contribution in [-0.4, -0.2) is 9.97 Å². The van der Waals surface area contributed by atoms with Crippen molar-refractivity contribution in [3.8, 4) is 28.1 Å². The number of fused-ring (bicyclic) bond motifs is 7. The van der Waals surface area contributed by atoms with E-state index in [-0.39, 0.29) is 52.8 Å². The van der Waals surface area contributed by atoms with Gasteiger partial charge in [0.1, 0.15) is 5.75 Å². The van der Waals surface area contributed by atoms with Crippen molar-refractivity contribution in [2.75, 3.05) is 0 Å². The van der Waals surface area contributed by atoms with Crippen molar-refractivity contribution >= 4 is 32.6 Å². The van der Waals surface area contributed by atoms with Crippen molar-refractivity contribution in [2.24, 2.45) is 0 Å². The average Bonchev–Trinajstić information content (AvgIpc) is 3.00. The van der Waals surface area contributed by atoms with Gasteiger partial charge in [-0.15, -0.1) is 41.1 Å². The smallest absolute Gasteiger partial charge is 0.141 e. The molecule has 3 heterocycles. The van der Waals surface area contributed by atoms with Gasteiger partial charge in [0.15, 0.2) is 0 Å². The molecule has 5 aromatic carbocycles. The first kappa shape index (κ1) is 28.3. The normalized spacial score (nSPS) is 11.2. The molecule has 40 heavy (non-hydrogen) atoms. The minimum Gasteiger partial charge on any atom is -0.505 e. The third-order valence-corrected chi connectivity index (χ3v) is 6.72. The van der Waals surface area contributed by atoms with Crippen molar-refractivity contribution in [1.82, 2.24) is 9.97 Å². The molecular formula is C35H20IrN2OY-4. The standard InChI is InChI=1S/C22H12NO.C13H8N.Ir.Y/c1-2-7-15(8-3-1)17-10-6-11-18-19(17)14-24-21-13-16-9-4-5-12-20(16)23-22(18)21;1-2-6-12-10(4-1)7-8-11-5-3-9-14-13(11)12;;/h1-7,9,12-13H,14H2;1-5,7-9H;;/q-3;-1;;. The number of hydrogen-bond acceptors (Lipinski definition) is 3. The van der Waals surface area contributed by atoms with E-state index in [0.29, 0.717) is 6.61 Å². The summed E-state index contributed by atoms with van der Waals surface area (Å²) in [5, 5.41) is 4.55. The molecule has 0 amide bonds. The van der Waals surface area contributed by atoms with Crippen LogP contribution in [0.25, 0.3) is 55.0 Å². The monoisotopic (exact) mass is 766 g/mol. The van der Waals surface area contributed by atoms with Crippen LogP contribution in [0.1, 0.15) is 5.56 Å². The number of pyridine rings is 2. The molecule has 0 atom stereocenters. The summed E-state index contributed by atoms with van der Waals surface area (Å²) in [4.78, 5) is 9.19. The molecule has 0 bridgehead atoms. The average molecular weight is 766 g/mol. The fraction of sp³-hybridized carbons (Fsp3) is 0.0286. The molecule has 0 N–H and O–H groups in total. The van der Waals surface area contributed by atoms with Crippen molar-refractivity contribution in [1.29, 1.82) is 0 Å². The maximum Gasteiger partial charge on any atom is 0.141 e. The van der Waals surface area contributed by atoms with E-state index in [1.807, 2.05) is 79.0 Å². The summed E-state index contributed by atoms with van der Waals surface area (Å²) in [5.41, 5.74) is 6.91. The Kier molecular flexibility index (Phi) is 8.83. The SMILES string of the molecule is [Ir].[Y].[c-]1cccc2ccc3cccnc3c12.[c-]1ccccc1-c1[c-]c[c-]c2c1COc1cc3ccccc3nc1-2. The molecule has 0 unspecified atom stereocenters. The Balaban J connectivity index is 0.000000173. The first-order valence-electron chi connectivity index (χ1n) is 12.4. The van der Waals surface area contributed by atoms with Crippen molar-refractivity contribution < 1.29 is 57.6 Å². The molecule has 3 nitrogen and oxygen atoms in total. The van der Waals surface area contributed by atoms with Gasteiger partial charge in [0.05, 0.1) is 11.2 Å². The molecule has 0 aliphatic carbocycles. The summed E-state index contributed by atoms with van der Waals surface area (Å²) in [7, 11) is 0. The summed E-state index contributed by atoms with van der Waals surface area (Å²) in [6.07, 6.45) is 1.82. The number of benzene rings is 5. The summed E-state index contributed by atoms with van der Waals surface area (Å²) in [6.45, 7) is 0.494. The quantitative estimate of drug-likeness (QED) is 0.126. The van der Waals surface area contributed by atoms with E-state index in [0.717, 1.165) is 55.5 Å². The minimum absolute atomic E-state index is 0. The van der Waals surface area contributed by atoms with Crippen LogP contribution in [0, 0.1) is 24.3 Å².